The molecule has 108 valence electrons. The Balaban J connectivity index is 0.000000404. The third-order valence-electron chi connectivity index (χ3n) is 3.17. The molecule has 0 aliphatic carbocycles. The molecule has 2 unspecified atom stereocenters. The van der Waals surface area contributed by atoms with Gasteiger partial charge in [0.25, 0.3) is 0 Å². The number of rotatable bonds is 1. The molecule has 2 fully saturated rings. The summed E-state index contributed by atoms with van der Waals surface area (Å²) in [5.41, 5.74) is 0. The van der Waals surface area contributed by atoms with Gasteiger partial charge in [-0.3, -0.25) is 0 Å². The van der Waals surface area contributed by atoms with Crippen LogP contribution in [0.25, 0.3) is 10.6 Å². The summed E-state index contributed by atoms with van der Waals surface area (Å²) in [6.07, 6.45) is 7.97. The number of piperidine rings is 2. The van der Waals surface area contributed by atoms with Crippen molar-refractivity contribution in [3.63, 3.8) is 0 Å². The summed E-state index contributed by atoms with van der Waals surface area (Å²) in [6, 6.07) is 1.19. The van der Waals surface area contributed by atoms with Crippen LogP contribution < -0.4 is 0 Å². The Hall–Kier alpha value is -0.517. The fourth-order valence-electron chi connectivity index (χ4n) is 2.26. The molecule has 0 amide bonds. The minimum atomic E-state index is -1.82. The number of carboxylic acids is 2. The topological polar surface area (TPSA) is 103 Å². The maximum atomic E-state index is 9.10. The van der Waals surface area contributed by atoms with Crippen LogP contribution in [0.5, 0.6) is 0 Å². The first-order valence-corrected chi connectivity index (χ1v) is 6.40. The zero-order valence-electron chi connectivity index (χ0n) is 10.8. The van der Waals surface area contributed by atoms with Crippen LogP contribution in [0, 0.1) is 0 Å². The third kappa shape index (κ3) is 7.60. The van der Waals surface area contributed by atoms with Crippen LogP contribution in [0.15, 0.2) is 0 Å². The van der Waals surface area contributed by atoms with Gasteiger partial charge in [0.15, 0.2) is 0 Å². The molecule has 0 bridgehead atoms. The summed E-state index contributed by atoms with van der Waals surface area (Å²) in [7, 11) is 0. The summed E-state index contributed by atoms with van der Waals surface area (Å²) in [5, 5.41) is 24.1. The first-order valence-electron chi connectivity index (χ1n) is 6.40. The molecule has 2 saturated heterocycles. The second kappa shape index (κ2) is 10.3. The van der Waals surface area contributed by atoms with Crippen LogP contribution >= 0.6 is 0 Å². The van der Waals surface area contributed by atoms with Crippen LogP contribution in [0.4, 0.5) is 0 Å². The predicted octanol–water partition coefficient (Wildman–Crippen LogP) is 1.99. The van der Waals surface area contributed by atoms with Gasteiger partial charge in [0, 0.05) is 0 Å². The maximum absolute atomic E-state index is 9.10. The van der Waals surface area contributed by atoms with E-state index < -0.39 is 11.9 Å². The SMILES string of the molecule is C1CCC(C2CCCC[N-]2)[N-]C1.O=C(O)C(=O)O.[Ru+4]. The maximum Gasteiger partial charge on any atom is 4.00 e. The Labute approximate surface area is 126 Å². The van der Waals surface area contributed by atoms with Crippen molar-refractivity contribution in [2.24, 2.45) is 0 Å². The van der Waals surface area contributed by atoms with E-state index in [4.69, 9.17) is 19.8 Å². The van der Waals surface area contributed by atoms with E-state index in [0.717, 1.165) is 13.1 Å². The van der Waals surface area contributed by atoms with Crippen molar-refractivity contribution in [3.8, 4) is 0 Å². The minimum absolute atomic E-state index is 0. The number of hydrogen-bond donors (Lipinski definition) is 2. The van der Waals surface area contributed by atoms with Crippen LogP contribution in [-0.2, 0) is 29.1 Å². The largest absolute Gasteiger partial charge is 4.00 e. The first kappa shape index (κ1) is 18.5. The van der Waals surface area contributed by atoms with Gasteiger partial charge in [-0.1, -0.05) is 38.5 Å². The van der Waals surface area contributed by atoms with Crippen molar-refractivity contribution in [1.29, 1.82) is 0 Å². The molecular formula is C12H20N2O4Ru+2. The Morgan fingerprint density at radius 3 is 1.37 bits per heavy atom. The first-order chi connectivity index (χ1) is 8.61. The molecule has 0 aromatic carbocycles. The monoisotopic (exact) mass is 358 g/mol. The molecule has 2 aliphatic rings. The Kier molecular flexibility index (Phi) is 10.0. The van der Waals surface area contributed by atoms with Crippen molar-refractivity contribution in [2.45, 2.75) is 50.6 Å². The molecule has 2 rings (SSSR count). The van der Waals surface area contributed by atoms with Gasteiger partial charge in [-0.05, 0) is 0 Å². The van der Waals surface area contributed by atoms with E-state index in [1.54, 1.807) is 0 Å². The van der Waals surface area contributed by atoms with Crippen molar-refractivity contribution < 1.29 is 39.3 Å². The van der Waals surface area contributed by atoms with Gasteiger partial charge in [0.2, 0.25) is 0 Å². The number of aliphatic carboxylic acids is 2. The van der Waals surface area contributed by atoms with Crippen LogP contribution in [0.1, 0.15) is 38.5 Å². The number of hydrogen-bond acceptors (Lipinski definition) is 2. The molecule has 7 heteroatoms. The second-order valence-corrected chi connectivity index (χ2v) is 4.55. The quantitative estimate of drug-likeness (QED) is 0.553. The molecule has 2 N–H and O–H groups in total. The summed E-state index contributed by atoms with van der Waals surface area (Å²) >= 11 is 0. The minimum Gasteiger partial charge on any atom is -0.661 e. The van der Waals surface area contributed by atoms with Gasteiger partial charge >= 0.3 is 31.4 Å². The molecule has 6 nitrogen and oxygen atoms in total. The van der Waals surface area contributed by atoms with Crippen molar-refractivity contribution in [3.05, 3.63) is 10.6 Å². The average molecular weight is 357 g/mol. The van der Waals surface area contributed by atoms with E-state index in [2.05, 4.69) is 10.6 Å². The average Bonchev–Trinajstić information content (AvgIpc) is 2.41. The Morgan fingerprint density at radius 1 is 0.789 bits per heavy atom. The summed E-state index contributed by atoms with van der Waals surface area (Å²) in [5.74, 6) is -3.65. The summed E-state index contributed by atoms with van der Waals surface area (Å²) < 4.78 is 0. The van der Waals surface area contributed by atoms with Crippen LogP contribution in [0.3, 0.4) is 0 Å². The molecule has 0 saturated carbocycles. The fraction of sp³-hybridized carbons (Fsp3) is 0.833. The van der Waals surface area contributed by atoms with Crippen LogP contribution in [-0.4, -0.2) is 47.3 Å². The molecule has 2 aliphatic heterocycles. The zero-order valence-corrected chi connectivity index (χ0v) is 12.5. The molecular weight excluding hydrogens is 337 g/mol. The predicted molar refractivity (Wildman–Crippen MR) is 67.0 cm³/mol. The van der Waals surface area contributed by atoms with Gasteiger partial charge in [-0.2, -0.15) is 12.1 Å². The second-order valence-electron chi connectivity index (χ2n) is 4.55. The standard InChI is InChI=1S/C10H18N2.C2H2O4.Ru/c1-3-7-11-9(5-1)10-6-2-4-8-12-10;3-1(4)2(5)6;/h9-10H,1-8H2;(H,3,4)(H,5,6);/q-2;;+4. The molecule has 2 heterocycles. The van der Waals surface area contributed by atoms with E-state index in [9.17, 15) is 0 Å². The molecule has 19 heavy (non-hydrogen) atoms. The van der Waals surface area contributed by atoms with E-state index in [1.165, 1.54) is 38.5 Å². The normalized spacial score (nSPS) is 26.3. The molecule has 0 radical (unpaired) electrons. The van der Waals surface area contributed by atoms with Gasteiger partial charge in [0.1, 0.15) is 0 Å². The smallest absolute Gasteiger partial charge is 0.661 e. The zero-order chi connectivity index (χ0) is 13.4. The van der Waals surface area contributed by atoms with Gasteiger partial charge in [-0.15, -0.1) is 13.1 Å². The Bertz CT molecular complexity index is 249. The van der Waals surface area contributed by atoms with Crippen molar-refractivity contribution in [2.75, 3.05) is 13.1 Å². The molecule has 0 aromatic rings. The van der Waals surface area contributed by atoms with Gasteiger partial charge in [0.05, 0.1) is 0 Å². The fourth-order valence-corrected chi connectivity index (χ4v) is 2.26. The van der Waals surface area contributed by atoms with E-state index in [0.29, 0.717) is 12.1 Å². The summed E-state index contributed by atoms with van der Waals surface area (Å²) in [4.78, 5) is 18.2. The van der Waals surface area contributed by atoms with E-state index in [1.807, 2.05) is 0 Å². The van der Waals surface area contributed by atoms with Gasteiger partial charge < -0.3 is 20.8 Å². The van der Waals surface area contributed by atoms with Crippen molar-refractivity contribution in [1.82, 2.24) is 0 Å². The van der Waals surface area contributed by atoms with E-state index in [-0.39, 0.29) is 19.5 Å². The Morgan fingerprint density at radius 2 is 1.16 bits per heavy atom. The van der Waals surface area contributed by atoms with Crippen molar-refractivity contribution >= 4 is 11.9 Å². The van der Waals surface area contributed by atoms with E-state index >= 15 is 0 Å². The summed E-state index contributed by atoms with van der Waals surface area (Å²) in [6.45, 7) is 2.19. The molecule has 0 aromatic heterocycles. The van der Waals surface area contributed by atoms with Crippen LogP contribution in [0.2, 0.25) is 0 Å². The molecule has 2 atom stereocenters. The van der Waals surface area contributed by atoms with Gasteiger partial charge in [-0.25, -0.2) is 9.59 Å². The molecule has 0 spiro atoms. The number of nitrogens with zero attached hydrogens (tertiary/aromatic N) is 2. The third-order valence-corrected chi connectivity index (χ3v) is 3.17. The number of carboxylic acid groups (broad SMARTS) is 2. The number of carbonyl (C=O) groups is 2.